The van der Waals surface area contributed by atoms with Crippen molar-refractivity contribution in [2.75, 3.05) is 0 Å². The number of nitrogens with one attached hydrogen (secondary N) is 1. The minimum absolute atomic E-state index is 0.0218. The average molecular weight is 553 g/mol. The lowest BCUT2D eigenvalue weighted by Crippen LogP contribution is -2.24. The zero-order valence-electron chi connectivity index (χ0n) is 22.3. The molecule has 5 rings (SSSR count). The third-order valence-corrected chi connectivity index (χ3v) is 8.12. The molecule has 3 aromatic heterocycles. The van der Waals surface area contributed by atoms with Crippen molar-refractivity contribution in [1.82, 2.24) is 19.3 Å². The molecule has 0 amide bonds. The molecule has 40 heavy (non-hydrogen) atoms. The predicted molar refractivity (Wildman–Crippen MR) is 158 cm³/mol. The number of Topliss-reactive ketones (excluding diaryl/α,β-unsaturated/α-hetero) is 2. The second-order valence-electron chi connectivity index (χ2n) is 9.72. The minimum atomic E-state index is -0.392. The minimum Gasteiger partial charge on any atom is -0.405 e. The van der Waals surface area contributed by atoms with Crippen LogP contribution in [-0.2, 0) is 20.0 Å². The number of aryl methyl sites for hydroxylation is 1. The molecule has 1 unspecified atom stereocenters. The van der Waals surface area contributed by atoms with Crippen molar-refractivity contribution in [3.8, 4) is 0 Å². The maximum atomic E-state index is 13.5. The van der Waals surface area contributed by atoms with Gasteiger partial charge in [0, 0.05) is 29.3 Å². The molecule has 3 N–H and O–H groups in total. The van der Waals surface area contributed by atoms with Crippen molar-refractivity contribution >= 4 is 49.9 Å². The smallest absolute Gasteiger partial charge is 0.291 e. The third-order valence-electron chi connectivity index (χ3n) is 6.93. The first-order chi connectivity index (χ1) is 19.2. The number of thiazole rings is 1. The van der Waals surface area contributed by atoms with E-state index in [1.54, 1.807) is 48.2 Å². The Morgan fingerprint density at radius 2 is 1.73 bits per heavy atom. The summed E-state index contributed by atoms with van der Waals surface area (Å²) >= 11 is 1.42. The number of hydrogen-bond donors (Lipinski definition) is 2. The molecule has 1 atom stereocenters. The molecular weight excluding hydrogens is 524 g/mol. The van der Waals surface area contributed by atoms with E-state index >= 15 is 0 Å². The van der Waals surface area contributed by atoms with Gasteiger partial charge in [-0.2, -0.15) is 5.10 Å². The highest BCUT2D eigenvalue weighted by Crippen LogP contribution is 2.35. The van der Waals surface area contributed by atoms with Crippen LogP contribution in [-0.4, -0.2) is 36.6 Å². The van der Waals surface area contributed by atoms with Gasteiger partial charge >= 0.3 is 0 Å². The summed E-state index contributed by atoms with van der Waals surface area (Å²) in [5.74, 6) is -0.454. The monoisotopic (exact) mass is 552 g/mol. The zero-order chi connectivity index (χ0) is 28.6. The Bertz CT molecular complexity index is 1890. The van der Waals surface area contributed by atoms with Gasteiger partial charge in [-0.1, -0.05) is 36.4 Å². The predicted octanol–water partition coefficient (Wildman–Crippen LogP) is 4.62. The summed E-state index contributed by atoms with van der Waals surface area (Å²) in [5.41, 5.74) is 9.70. The van der Waals surface area contributed by atoms with Gasteiger partial charge in [-0.25, -0.2) is 9.67 Å². The molecule has 3 heterocycles. The summed E-state index contributed by atoms with van der Waals surface area (Å²) in [4.78, 5) is 42.0. The Balaban J connectivity index is 1.55. The largest absolute Gasteiger partial charge is 0.405 e. The van der Waals surface area contributed by atoms with Crippen molar-refractivity contribution in [3.05, 3.63) is 105 Å². The van der Waals surface area contributed by atoms with Crippen LogP contribution in [0.3, 0.4) is 0 Å². The van der Waals surface area contributed by atoms with Gasteiger partial charge < -0.3 is 15.7 Å². The Morgan fingerprint density at radius 1 is 1.07 bits per heavy atom. The highest BCUT2D eigenvalue weighted by atomic mass is 32.1. The highest BCUT2D eigenvalue weighted by Gasteiger charge is 2.25. The third kappa shape index (κ3) is 5.01. The van der Waals surface area contributed by atoms with Gasteiger partial charge in [0.2, 0.25) is 0 Å². The van der Waals surface area contributed by atoms with Gasteiger partial charge in [-0.3, -0.25) is 14.4 Å². The Kier molecular flexibility index (Phi) is 7.27. The molecule has 0 spiro atoms. The fraction of sp³-hybridized carbons (Fsp3) is 0.200. The van der Waals surface area contributed by atoms with Crippen LogP contribution in [0, 0.1) is 5.41 Å². The molecule has 0 radical (unpaired) electrons. The maximum absolute atomic E-state index is 13.5. The first-order valence-electron chi connectivity index (χ1n) is 12.7. The number of hydrogen-bond acceptors (Lipinski definition) is 8. The van der Waals surface area contributed by atoms with Crippen LogP contribution in [0.5, 0.6) is 0 Å². The summed E-state index contributed by atoms with van der Waals surface area (Å²) in [5, 5.41) is 14.5. The van der Waals surface area contributed by atoms with Crippen molar-refractivity contribution in [3.63, 3.8) is 0 Å². The van der Waals surface area contributed by atoms with E-state index in [1.807, 2.05) is 24.3 Å². The molecule has 0 saturated carbocycles. The van der Waals surface area contributed by atoms with E-state index in [0.717, 1.165) is 15.8 Å². The molecule has 0 saturated heterocycles. The van der Waals surface area contributed by atoms with Gasteiger partial charge in [-0.05, 0) is 55.8 Å². The molecule has 10 heteroatoms. The van der Waals surface area contributed by atoms with E-state index in [4.69, 9.17) is 16.1 Å². The first kappa shape index (κ1) is 26.9. The molecule has 2 aromatic carbocycles. The fourth-order valence-corrected chi connectivity index (χ4v) is 6.06. The van der Waals surface area contributed by atoms with Crippen molar-refractivity contribution in [2.24, 2.45) is 12.8 Å². The molecule has 0 aliphatic carbocycles. The second kappa shape index (κ2) is 10.8. The van der Waals surface area contributed by atoms with E-state index in [2.05, 4.69) is 5.10 Å². The van der Waals surface area contributed by atoms with Gasteiger partial charge in [0.25, 0.3) is 5.56 Å². The number of nitrogens with zero attached hydrogens (tertiary/aromatic N) is 4. The summed E-state index contributed by atoms with van der Waals surface area (Å²) in [7, 11) is 1.80. The lowest BCUT2D eigenvalue weighted by atomic mass is 9.93. The normalized spacial score (nSPS) is 12.4. The molecule has 0 aliphatic heterocycles. The topological polar surface area (TPSA) is 137 Å². The Hall–Kier alpha value is -4.70. The van der Waals surface area contributed by atoms with E-state index in [-0.39, 0.29) is 23.7 Å². The Labute approximate surface area is 234 Å². The fourth-order valence-electron chi connectivity index (χ4n) is 4.83. The second-order valence-corrected chi connectivity index (χ2v) is 10.7. The Morgan fingerprint density at radius 3 is 2.38 bits per heavy atom. The molecule has 0 aliphatic rings. The van der Waals surface area contributed by atoms with Crippen LogP contribution in [0.25, 0.3) is 21.3 Å². The zero-order valence-corrected chi connectivity index (χ0v) is 23.2. The molecule has 202 valence electrons. The van der Waals surface area contributed by atoms with Crippen LogP contribution in [0.2, 0.25) is 0 Å². The molecule has 5 aromatic rings. The number of allylic oxidation sites excluding steroid dienone is 1. The SMILES string of the molecule is CC(=O)c1cccc(CC(C(=N)/C=C\N)c2nc3c(s2)c2cnn(Cc4cccc(C(C)=O)c4)c(=O)c2n3C)c1. The van der Waals surface area contributed by atoms with Crippen LogP contribution in [0.15, 0.2) is 71.8 Å². The molecule has 0 fully saturated rings. The maximum Gasteiger partial charge on any atom is 0.291 e. The number of rotatable bonds is 9. The van der Waals surface area contributed by atoms with Crippen molar-refractivity contribution in [2.45, 2.75) is 32.7 Å². The summed E-state index contributed by atoms with van der Waals surface area (Å²) in [6, 6.07) is 14.6. The van der Waals surface area contributed by atoms with E-state index in [0.29, 0.717) is 44.8 Å². The average Bonchev–Trinajstić information content (AvgIpc) is 3.48. The van der Waals surface area contributed by atoms with E-state index in [1.165, 1.54) is 36.1 Å². The van der Waals surface area contributed by atoms with Gasteiger partial charge in [-0.15, -0.1) is 11.3 Å². The van der Waals surface area contributed by atoms with E-state index < -0.39 is 5.92 Å². The van der Waals surface area contributed by atoms with E-state index in [9.17, 15) is 14.4 Å². The quantitative estimate of drug-likeness (QED) is 0.202. The standard InChI is InChI=1S/C30H28N6O3S/c1-17(37)21-8-4-6-19(12-21)14-23(25(32)10-11-31)29-34-28-27(40-29)24-15-33-36(30(39)26(24)35(28)3)16-20-7-5-9-22(13-20)18(2)38/h4-13,15,23,32H,14,16,31H2,1-3H3/b11-10-,32-25?. The summed E-state index contributed by atoms with van der Waals surface area (Å²) in [6.07, 6.45) is 5.02. The number of carbonyl (C=O) groups is 2. The summed E-state index contributed by atoms with van der Waals surface area (Å²) in [6.45, 7) is 3.27. The molecule has 0 bridgehead atoms. The highest BCUT2D eigenvalue weighted by molar-refractivity contribution is 7.19. The van der Waals surface area contributed by atoms with Crippen molar-refractivity contribution in [1.29, 1.82) is 5.41 Å². The van der Waals surface area contributed by atoms with Crippen molar-refractivity contribution < 1.29 is 9.59 Å². The molecule has 9 nitrogen and oxygen atoms in total. The van der Waals surface area contributed by atoms with Gasteiger partial charge in [0.15, 0.2) is 17.2 Å². The van der Waals surface area contributed by atoms with Crippen LogP contribution < -0.4 is 11.3 Å². The number of ketones is 2. The number of aromatic nitrogens is 4. The van der Waals surface area contributed by atoms with Crippen LogP contribution in [0.4, 0.5) is 0 Å². The number of benzene rings is 2. The number of fused-ring (bicyclic) bond motifs is 3. The van der Waals surface area contributed by atoms with Gasteiger partial charge in [0.05, 0.1) is 23.4 Å². The van der Waals surface area contributed by atoms with Crippen LogP contribution in [0.1, 0.15) is 56.6 Å². The first-order valence-corrected chi connectivity index (χ1v) is 13.5. The van der Waals surface area contributed by atoms with Gasteiger partial charge in [0.1, 0.15) is 10.5 Å². The lowest BCUT2D eigenvalue weighted by molar-refractivity contribution is 0.100. The number of nitrogens with two attached hydrogens (primary N) is 1. The summed E-state index contributed by atoms with van der Waals surface area (Å²) < 4.78 is 3.97. The lowest BCUT2D eigenvalue weighted by Gasteiger charge is -2.14. The molecular formula is C30H28N6O3S. The van der Waals surface area contributed by atoms with Crippen LogP contribution >= 0.6 is 11.3 Å². The number of carbonyl (C=O) groups excluding carboxylic acids is 2.